The molecule has 0 radical (unpaired) electrons. The number of methoxy groups -OCH3 is 1. The number of carbonyl (C=O) groups excluding carboxylic acids is 2. The van der Waals surface area contributed by atoms with Gasteiger partial charge in [-0.25, -0.2) is 9.78 Å². The molecule has 0 unspecified atom stereocenters. The number of aromatic nitrogens is 2. The highest BCUT2D eigenvalue weighted by Gasteiger charge is 2.12. The molecule has 0 aliphatic carbocycles. The molecule has 2 heterocycles. The van der Waals surface area contributed by atoms with E-state index in [0.29, 0.717) is 22.7 Å². The first-order valence-electron chi connectivity index (χ1n) is 9.71. The summed E-state index contributed by atoms with van der Waals surface area (Å²) in [5.41, 5.74) is 2.31. The standard InChI is InChI=1S/C24H23N3O4/c1-16(2)31-21-13-17(7-9-20-6-4-5-11-25-20)12-19(14-21)23(28)27-22-10-8-18(15-26-22)24(29)30-3/h4-16H,1-3H3,(H,26,27,28). The number of ether oxygens (including phenoxy) is 2. The lowest BCUT2D eigenvalue weighted by Gasteiger charge is -2.13. The number of rotatable bonds is 7. The van der Waals surface area contributed by atoms with E-state index in [4.69, 9.17) is 4.74 Å². The molecule has 1 amide bonds. The summed E-state index contributed by atoms with van der Waals surface area (Å²) in [5.74, 6) is 0.0592. The van der Waals surface area contributed by atoms with Crippen molar-refractivity contribution >= 4 is 29.8 Å². The van der Waals surface area contributed by atoms with E-state index >= 15 is 0 Å². The lowest BCUT2D eigenvalue weighted by molar-refractivity contribution is 0.0600. The van der Waals surface area contributed by atoms with Gasteiger partial charge in [-0.05, 0) is 68.0 Å². The lowest BCUT2D eigenvalue weighted by Crippen LogP contribution is -2.14. The molecule has 1 aromatic carbocycles. The van der Waals surface area contributed by atoms with E-state index in [1.807, 2.05) is 50.3 Å². The molecular weight excluding hydrogens is 394 g/mol. The zero-order valence-corrected chi connectivity index (χ0v) is 17.5. The van der Waals surface area contributed by atoms with Crippen molar-refractivity contribution in [1.29, 1.82) is 0 Å². The zero-order chi connectivity index (χ0) is 22.2. The van der Waals surface area contributed by atoms with Crippen LogP contribution in [0.25, 0.3) is 12.2 Å². The van der Waals surface area contributed by atoms with Crippen molar-refractivity contribution in [3.05, 3.63) is 83.3 Å². The number of anilines is 1. The number of pyridine rings is 2. The summed E-state index contributed by atoms with van der Waals surface area (Å²) in [6, 6.07) is 14.0. The fourth-order valence-corrected chi connectivity index (χ4v) is 2.74. The van der Waals surface area contributed by atoms with Gasteiger partial charge in [0, 0.05) is 18.0 Å². The second kappa shape index (κ2) is 10.2. The van der Waals surface area contributed by atoms with Crippen LogP contribution in [0.1, 0.15) is 45.8 Å². The quantitative estimate of drug-likeness (QED) is 0.570. The van der Waals surface area contributed by atoms with E-state index < -0.39 is 5.97 Å². The summed E-state index contributed by atoms with van der Waals surface area (Å²) in [6.45, 7) is 3.84. The average Bonchev–Trinajstić information content (AvgIpc) is 2.77. The predicted molar refractivity (Wildman–Crippen MR) is 119 cm³/mol. The molecule has 1 N–H and O–H groups in total. The molecule has 3 aromatic rings. The highest BCUT2D eigenvalue weighted by molar-refractivity contribution is 6.04. The van der Waals surface area contributed by atoms with Gasteiger partial charge in [0.1, 0.15) is 11.6 Å². The van der Waals surface area contributed by atoms with Gasteiger partial charge < -0.3 is 14.8 Å². The maximum absolute atomic E-state index is 12.8. The molecule has 7 nitrogen and oxygen atoms in total. The van der Waals surface area contributed by atoms with Gasteiger partial charge in [0.2, 0.25) is 0 Å². The van der Waals surface area contributed by atoms with Crippen LogP contribution in [0.3, 0.4) is 0 Å². The molecule has 0 aliphatic rings. The third kappa shape index (κ3) is 6.24. The van der Waals surface area contributed by atoms with Crippen LogP contribution in [0.5, 0.6) is 5.75 Å². The summed E-state index contributed by atoms with van der Waals surface area (Å²) < 4.78 is 10.5. The first-order valence-corrected chi connectivity index (χ1v) is 9.71. The second-order valence-corrected chi connectivity index (χ2v) is 6.92. The monoisotopic (exact) mass is 417 g/mol. The molecule has 158 valence electrons. The van der Waals surface area contributed by atoms with E-state index in [1.54, 1.807) is 24.4 Å². The third-order valence-corrected chi connectivity index (χ3v) is 4.12. The maximum atomic E-state index is 12.8. The number of benzene rings is 1. The van der Waals surface area contributed by atoms with Crippen LogP contribution in [0, 0.1) is 0 Å². The number of hydrogen-bond acceptors (Lipinski definition) is 6. The minimum Gasteiger partial charge on any atom is -0.491 e. The average molecular weight is 417 g/mol. The van der Waals surface area contributed by atoms with Crippen molar-refractivity contribution in [3.63, 3.8) is 0 Å². The zero-order valence-electron chi connectivity index (χ0n) is 17.5. The summed E-state index contributed by atoms with van der Waals surface area (Å²) in [7, 11) is 1.30. The van der Waals surface area contributed by atoms with Crippen molar-refractivity contribution in [1.82, 2.24) is 9.97 Å². The van der Waals surface area contributed by atoms with E-state index in [-0.39, 0.29) is 12.0 Å². The fourth-order valence-electron chi connectivity index (χ4n) is 2.74. The van der Waals surface area contributed by atoms with E-state index in [0.717, 1.165) is 11.3 Å². The minimum atomic E-state index is -0.492. The number of hydrogen-bond donors (Lipinski definition) is 1. The maximum Gasteiger partial charge on any atom is 0.339 e. The normalized spacial score (nSPS) is 10.8. The number of nitrogens with one attached hydrogen (secondary N) is 1. The lowest BCUT2D eigenvalue weighted by atomic mass is 10.1. The van der Waals surface area contributed by atoms with E-state index in [1.165, 1.54) is 19.4 Å². The molecule has 0 atom stereocenters. The van der Waals surface area contributed by atoms with Crippen LogP contribution in [0.15, 0.2) is 60.9 Å². The Hall–Kier alpha value is -4.00. The van der Waals surface area contributed by atoms with Gasteiger partial charge in [-0.15, -0.1) is 0 Å². The Morgan fingerprint density at radius 1 is 1.00 bits per heavy atom. The summed E-state index contributed by atoms with van der Waals surface area (Å²) >= 11 is 0. The van der Waals surface area contributed by atoms with Crippen LogP contribution in [0.2, 0.25) is 0 Å². The SMILES string of the molecule is COC(=O)c1ccc(NC(=O)c2cc(C=Cc3ccccn3)cc(OC(C)C)c2)nc1. The van der Waals surface area contributed by atoms with Crippen molar-refractivity contribution in [2.75, 3.05) is 12.4 Å². The first-order chi connectivity index (χ1) is 14.9. The molecular formula is C24H23N3O4. The van der Waals surface area contributed by atoms with Crippen LogP contribution in [-0.4, -0.2) is 35.1 Å². The minimum absolute atomic E-state index is 0.0431. The molecule has 0 fully saturated rings. The summed E-state index contributed by atoms with van der Waals surface area (Å²) in [4.78, 5) is 32.7. The Kier molecular flexibility index (Phi) is 7.11. The molecule has 0 bridgehead atoms. The van der Waals surface area contributed by atoms with Gasteiger partial charge in [-0.2, -0.15) is 0 Å². The van der Waals surface area contributed by atoms with Crippen LogP contribution in [-0.2, 0) is 4.74 Å². The Labute approximate surface area is 180 Å². The summed E-state index contributed by atoms with van der Waals surface area (Å²) in [5, 5.41) is 2.73. The number of amides is 1. The van der Waals surface area contributed by atoms with Crippen molar-refractivity contribution in [3.8, 4) is 5.75 Å². The van der Waals surface area contributed by atoms with Crippen LogP contribution >= 0.6 is 0 Å². The molecule has 3 rings (SSSR count). The smallest absolute Gasteiger partial charge is 0.339 e. The van der Waals surface area contributed by atoms with Gasteiger partial charge in [0.05, 0.1) is 24.5 Å². The number of esters is 1. The third-order valence-electron chi connectivity index (χ3n) is 4.12. The van der Waals surface area contributed by atoms with Gasteiger partial charge >= 0.3 is 5.97 Å². The van der Waals surface area contributed by atoms with E-state index in [2.05, 4.69) is 20.0 Å². The first kappa shape index (κ1) is 21.7. The molecule has 0 aliphatic heterocycles. The molecule has 0 saturated carbocycles. The van der Waals surface area contributed by atoms with Gasteiger partial charge in [-0.3, -0.25) is 9.78 Å². The van der Waals surface area contributed by atoms with Crippen LogP contribution in [0.4, 0.5) is 5.82 Å². The van der Waals surface area contributed by atoms with E-state index in [9.17, 15) is 9.59 Å². The second-order valence-electron chi connectivity index (χ2n) is 6.92. The Morgan fingerprint density at radius 2 is 1.84 bits per heavy atom. The topological polar surface area (TPSA) is 90.4 Å². The highest BCUT2D eigenvalue weighted by Crippen LogP contribution is 2.21. The van der Waals surface area contributed by atoms with Crippen molar-refractivity contribution in [2.45, 2.75) is 20.0 Å². The molecule has 0 spiro atoms. The van der Waals surface area contributed by atoms with Gasteiger partial charge in [-0.1, -0.05) is 12.1 Å². The van der Waals surface area contributed by atoms with Crippen LogP contribution < -0.4 is 10.1 Å². The molecule has 31 heavy (non-hydrogen) atoms. The molecule has 2 aromatic heterocycles. The highest BCUT2D eigenvalue weighted by atomic mass is 16.5. The Morgan fingerprint density at radius 3 is 2.48 bits per heavy atom. The van der Waals surface area contributed by atoms with Gasteiger partial charge in [0.25, 0.3) is 5.91 Å². The van der Waals surface area contributed by atoms with Crippen molar-refractivity contribution < 1.29 is 19.1 Å². The molecule has 7 heteroatoms. The largest absolute Gasteiger partial charge is 0.491 e. The van der Waals surface area contributed by atoms with Crippen molar-refractivity contribution in [2.24, 2.45) is 0 Å². The molecule has 0 saturated heterocycles. The fraction of sp³-hybridized carbons (Fsp3) is 0.167. The summed E-state index contributed by atoms with van der Waals surface area (Å²) in [6.07, 6.45) is 6.76. The Bertz CT molecular complexity index is 1080. The number of nitrogens with zero attached hydrogens (tertiary/aromatic N) is 2. The van der Waals surface area contributed by atoms with Gasteiger partial charge in [0.15, 0.2) is 0 Å². The Balaban J connectivity index is 1.83. The predicted octanol–water partition coefficient (Wildman–Crippen LogP) is 4.47. The number of carbonyl (C=O) groups is 2.